The molecular weight excluding hydrogens is 416 g/mol. The molecule has 1 aliphatic rings. The molecule has 0 aliphatic heterocycles. The number of carbonyl (C=O) groups excluding carboxylic acids is 2. The minimum atomic E-state index is -0.211. The molecule has 178 valence electrons. The molecule has 2 aromatic rings. The summed E-state index contributed by atoms with van der Waals surface area (Å²) in [5, 5.41) is 0. The number of methoxy groups -OCH3 is 1. The van der Waals surface area contributed by atoms with Gasteiger partial charge in [0, 0.05) is 18.4 Å². The van der Waals surface area contributed by atoms with Gasteiger partial charge < -0.3 is 14.2 Å². The van der Waals surface area contributed by atoms with E-state index in [0.717, 1.165) is 67.6 Å². The first-order chi connectivity index (χ1) is 16.1. The van der Waals surface area contributed by atoms with E-state index in [-0.39, 0.29) is 11.8 Å². The lowest BCUT2D eigenvalue weighted by Gasteiger charge is -2.21. The Kier molecular flexibility index (Phi) is 9.79. The highest BCUT2D eigenvalue weighted by Crippen LogP contribution is 2.32. The summed E-state index contributed by atoms with van der Waals surface area (Å²) in [5.41, 5.74) is 4.38. The van der Waals surface area contributed by atoms with Gasteiger partial charge in [-0.05, 0) is 79.8 Å². The summed E-state index contributed by atoms with van der Waals surface area (Å²) in [4.78, 5) is 23.7. The van der Waals surface area contributed by atoms with Crippen LogP contribution in [0.25, 0.3) is 0 Å². The smallest absolute Gasteiger partial charge is 0.305 e. The summed E-state index contributed by atoms with van der Waals surface area (Å²) in [6.07, 6.45) is 8.45. The van der Waals surface area contributed by atoms with Gasteiger partial charge in [-0.25, -0.2) is 0 Å². The number of benzene rings is 2. The van der Waals surface area contributed by atoms with E-state index in [1.807, 2.05) is 36.4 Å². The lowest BCUT2D eigenvalue weighted by Crippen LogP contribution is -2.14. The third-order valence-electron chi connectivity index (χ3n) is 6.12. The summed E-state index contributed by atoms with van der Waals surface area (Å²) in [7, 11) is 1.41. The van der Waals surface area contributed by atoms with Crippen LogP contribution < -0.4 is 9.47 Å². The van der Waals surface area contributed by atoms with Gasteiger partial charge >= 0.3 is 5.97 Å². The molecule has 0 spiro atoms. The molecule has 5 heteroatoms. The van der Waals surface area contributed by atoms with Crippen molar-refractivity contribution >= 4 is 11.8 Å². The van der Waals surface area contributed by atoms with E-state index in [2.05, 4.69) is 6.92 Å². The zero-order valence-electron chi connectivity index (χ0n) is 20.0. The summed E-state index contributed by atoms with van der Waals surface area (Å²) in [5.74, 6) is 1.84. The first kappa shape index (κ1) is 24.8. The number of hydrogen-bond acceptors (Lipinski definition) is 5. The van der Waals surface area contributed by atoms with Crippen LogP contribution in [0.5, 0.6) is 11.5 Å². The third kappa shape index (κ3) is 7.08. The number of para-hydroxylation sites is 1. The lowest BCUT2D eigenvalue weighted by molar-refractivity contribution is -0.140. The number of esters is 1. The summed E-state index contributed by atoms with van der Waals surface area (Å²) < 4.78 is 16.8. The van der Waals surface area contributed by atoms with Crippen molar-refractivity contribution in [1.29, 1.82) is 0 Å². The number of ketones is 1. The van der Waals surface area contributed by atoms with Crippen LogP contribution in [-0.2, 0) is 28.8 Å². The quantitative estimate of drug-likeness (QED) is 0.280. The van der Waals surface area contributed by atoms with Gasteiger partial charge in [0.25, 0.3) is 0 Å². The maximum absolute atomic E-state index is 12.2. The molecule has 0 saturated heterocycles. The fourth-order valence-electron chi connectivity index (χ4n) is 4.37. The summed E-state index contributed by atoms with van der Waals surface area (Å²) >= 11 is 0. The highest BCUT2D eigenvalue weighted by molar-refractivity contribution is 5.99. The molecule has 0 atom stereocenters. The minimum Gasteiger partial charge on any atom is -0.493 e. The molecule has 3 rings (SSSR count). The number of carbonyl (C=O) groups is 2. The fraction of sp³-hybridized carbons (Fsp3) is 0.500. The highest BCUT2D eigenvalue weighted by atomic mass is 16.5. The Morgan fingerprint density at radius 3 is 2.42 bits per heavy atom. The fourth-order valence-corrected chi connectivity index (χ4v) is 4.37. The van der Waals surface area contributed by atoms with Gasteiger partial charge in [-0.2, -0.15) is 0 Å². The van der Waals surface area contributed by atoms with E-state index in [1.165, 1.54) is 18.2 Å². The topological polar surface area (TPSA) is 61.8 Å². The first-order valence-electron chi connectivity index (χ1n) is 12.2. The molecule has 0 radical (unpaired) electrons. The summed E-state index contributed by atoms with van der Waals surface area (Å²) in [6, 6.07) is 11.8. The van der Waals surface area contributed by atoms with Gasteiger partial charge in [0.1, 0.15) is 11.5 Å². The highest BCUT2D eigenvalue weighted by Gasteiger charge is 2.22. The van der Waals surface area contributed by atoms with Crippen molar-refractivity contribution in [3.05, 3.63) is 58.7 Å². The molecule has 0 heterocycles. The number of Topliss-reactive ketones (excluding diaryl/α,β-unsaturated/α-hetero) is 1. The van der Waals surface area contributed by atoms with Gasteiger partial charge in [0.2, 0.25) is 0 Å². The Morgan fingerprint density at radius 2 is 1.67 bits per heavy atom. The Hall–Kier alpha value is -2.82. The molecule has 0 fully saturated rings. The monoisotopic (exact) mass is 452 g/mol. The van der Waals surface area contributed by atoms with E-state index >= 15 is 0 Å². The van der Waals surface area contributed by atoms with Crippen LogP contribution >= 0.6 is 0 Å². The zero-order valence-corrected chi connectivity index (χ0v) is 20.0. The molecular formula is C28H36O5. The molecule has 0 saturated carbocycles. The third-order valence-corrected chi connectivity index (χ3v) is 6.12. The van der Waals surface area contributed by atoms with E-state index in [0.29, 0.717) is 32.5 Å². The van der Waals surface area contributed by atoms with E-state index < -0.39 is 0 Å². The summed E-state index contributed by atoms with van der Waals surface area (Å²) in [6.45, 7) is 3.47. The maximum atomic E-state index is 12.2. The first-order valence-corrected chi connectivity index (χ1v) is 12.2. The number of hydrogen-bond donors (Lipinski definition) is 0. The molecule has 0 N–H and O–H groups in total. The second-order valence-corrected chi connectivity index (χ2v) is 8.54. The van der Waals surface area contributed by atoms with Crippen molar-refractivity contribution in [1.82, 2.24) is 0 Å². The zero-order chi connectivity index (χ0) is 23.5. The van der Waals surface area contributed by atoms with Crippen molar-refractivity contribution in [2.75, 3.05) is 20.3 Å². The largest absolute Gasteiger partial charge is 0.493 e. The number of ether oxygens (including phenoxy) is 3. The molecule has 0 unspecified atom stereocenters. The number of rotatable bonds is 13. The standard InChI is InChI=1S/C28H36O5/c1-3-10-24-22-12-9-13-25(29)23(22)16-17-27(24)33-20-8-4-7-19-32-26-14-6-5-11-21(26)15-18-28(30)31-2/h5-6,11,14,16-17H,3-4,7-10,12-13,15,18-20H2,1-2H3. The second-order valence-electron chi connectivity index (χ2n) is 8.54. The van der Waals surface area contributed by atoms with Crippen molar-refractivity contribution in [3.8, 4) is 11.5 Å². The molecule has 33 heavy (non-hydrogen) atoms. The van der Waals surface area contributed by atoms with Crippen molar-refractivity contribution in [3.63, 3.8) is 0 Å². The number of fused-ring (bicyclic) bond motifs is 1. The Labute approximate surface area is 197 Å². The van der Waals surface area contributed by atoms with Crippen LogP contribution in [0, 0.1) is 0 Å². The van der Waals surface area contributed by atoms with Crippen LogP contribution in [0.2, 0.25) is 0 Å². The van der Waals surface area contributed by atoms with Gasteiger partial charge in [0.05, 0.1) is 20.3 Å². The average Bonchev–Trinajstić information content (AvgIpc) is 2.84. The maximum Gasteiger partial charge on any atom is 0.305 e. The molecule has 1 aliphatic carbocycles. The Morgan fingerprint density at radius 1 is 0.909 bits per heavy atom. The lowest BCUT2D eigenvalue weighted by atomic mass is 9.85. The Balaban J connectivity index is 1.42. The Bertz CT molecular complexity index is 934. The minimum absolute atomic E-state index is 0.211. The molecule has 0 bridgehead atoms. The predicted octanol–water partition coefficient (Wildman–Crippen LogP) is 5.89. The van der Waals surface area contributed by atoms with Gasteiger partial charge in [-0.1, -0.05) is 31.5 Å². The van der Waals surface area contributed by atoms with Crippen molar-refractivity contribution in [2.24, 2.45) is 0 Å². The van der Waals surface area contributed by atoms with Crippen molar-refractivity contribution < 1.29 is 23.8 Å². The van der Waals surface area contributed by atoms with Gasteiger partial charge in [0.15, 0.2) is 5.78 Å². The van der Waals surface area contributed by atoms with Crippen molar-refractivity contribution in [2.45, 2.75) is 71.1 Å². The van der Waals surface area contributed by atoms with E-state index in [1.54, 1.807) is 0 Å². The van der Waals surface area contributed by atoms with Crippen LogP contribution in [0.1, 0.15) is 78.9 Å². The van der Waals surface area contributed by atoms with Gasteiger partial charge in [-0.15, -0.1) is 0 Å². The van der Waals surface area contributed by atoms with E-state index in [9.17, 15) is 9.59 Å². The average molecular weight is 453 g/mol. The normalized spacial score (nSPS) is 12.8. The second kappa shape index (κ2) is 13.0. The number of unbranched alkanes of at least 4 members (excludes halogenated alkanes) is 2. The van der Waals surface area contributed by atoms with E-state index in [4.69, 9.17) is 14.2 Å². The van der Waals surface area contributed by atoms with Crippen LogP contribution in [-0.4, -0.2) is 32.1 Å². The van der Waals surface area contributed by atoms with Crippen LogP contribution in [0.15, 0.2) is 36.4 Å². The molecule has 0 aromatic heterocycles. The molecule has 0 amide bonds. The van der Waals surface area contributed by atoms with Gasteiger partial charge in [-0.3, -0.25) is 9.59 Å². The SMILES string of the molecule is CCCc1c(OCCCCCOc2ccccc2CCC(=O)OC)ccc2c1CCCC2=O. The predicted molar refractivity (Wildman–Crippen MR) is 129 cm³/mol. The molecule has 2 aromatic carbocycles. The number of aryl methyl sites for hydroxylation is 1. The van der Waals surface area contributed by atoms with Crippen LogP contribution in [0.4, 0.5) is 0 Å². The van der Waals surface area contributed by atoms with Crippen LogP contribution in [0.3, 0.4) is 0 Å². The molecule has 5 nitrogen and oxygen atoms in total.